The Hall–Kier alpha value is -0.580. The minimum atomic E-state index is -0.836. The van der Waals surface area contributed by atoms with Crippen LogP contribution in [0, 0.1) is 0 Å². The largest absolute Gasteiger partial charge is 0.480 e. The van der Waals surface area contributed by atoms with Gasteiger partial charge in [-0.15, -0.1) is 0 Å². The van der Waals surface area contributed by atoms with E-state index in [1.807, 2.05) is 6.07 Å². The van der Waals surface area contributed by atoms with Gasteiger partial charge in [-0.25, -0.2) is 0 Å². The summed E-state index contributed by atoms with van der Waals surface area (Å²) in [6.45, 7) is 0.535. The Labute approximate surface area is 101 Å². The van der Waals surface area contributed by atoms with Gasteiger partial charge in [-0.1, -0.05) is 27.5 Å². The van der Waals surface area contributed by atoms with Gasteiger partial charge in [0.25, 0.3) is 0 Å². The third kappa shape index (κ3) is 2.02. The molecule has 3 nitrogen and oxygen atoms in total. The normalized spacial score (nSPS) is 19.7. The zero-order chi connectivity index (χ0) is 11.0. The molecule has 0 saturated heterocycles. The fourth-order valence-corrected chi connectivity index (χ4v) is 2.49. The van der Waals surface area contributed by atoms with Gasteiger partial charge in [-0.2, -0.15) is 0 Å². The summed E-state index contributed by atoms with van der Waals surface area (Å²) in [5.41, 5.74) is 1.98. The number of aliphatic carboxylic acids is 1. The fourth-order valence-electron chi connectivity index (χ4n) is 1.72. The molecule has 5 heteroatoms. The summed E-state index contributed by atoms with van der Waals surface area (Å²) in [6.07, 6.45) is 0.433. The molecule has 1 heterocycles. The molecule has 1 atom stereocenters. The summed E-state index contributed by atoms with van der Waals surface area (Å²) < 4.78 is 0.971. The number of halogens is 2. The van der Waals surface area contributed by atoms with E-state index in [-0.39, 0.29) is 0 Å². The first-order chi connectivity index (χ1) is 7.09. The molecule has 0 aromatic heterocycles. The van der Waals surface area contributed by atoms with Gasteiger partial charge in [0.05, 0.1) is 0 Å². The molecule has 1 aromatic carbocycles. The van der Waals surface area contributed by atoms with Crippen molar-refractivity contribution in [2.75, 3.05) is 0 Å². The summed E-state index contributed by atoms with van der Waals surface area (Å²) in [6, 6.07) is 3.13. The van der Waals surface area contributed by atoms with Crippen LogP contribution >= 0.6 is 27.5 Å². The number of benzene rings is 1. The molecule has 1 aliphatic heterocycles. The van der Waals surface area contributed by atoms with Crippen LogP contribution in [-0.4, -0.2) is 17.1 Å². The van der Waals surface area contributed by atoms with Crippen LogP contribution in [0.1, 0.15) is 11.1 Å². The summed E-state index contributed by atoms with van der Waals surface area (Å²) in [4.78, 5) is 10.8. The number of carbonyl (C=O) groups is 1. The van der Waals surface area contributed by atoms with Crippen molar-refractivity contribution in [2.45, 2.75) is 19.0 Å². The molecule has 2 rings (SSSR count). The predicted molar refractivity (Wildman–Crippen MR) is 61.1 cm³/mol. The molecule has 0 spiro atoms. The van der Waals surface area contributed by atoms with Crippen LogP contribution in [0.4, 0.5) is 0 Å². The number of fused-ring (bicyclic) bond motifs is 1. The molecule has 2 N–H and O–H groups in total. The van der Waals surface area contributed by atoms with E-state index >= 15 is 0 Å². The lowest BCUT2D eigenvalue weighted by atomic mass is 9.96. The third-order valence-corrected chi connectivity index (χ3v) is 3.65. The summed E-state index contributed by atoms with van der Waals surface area (Å²) in [7, 11) is 0. The molecular formula is C10H9BrClNO2. The lowest BCUT2D eigenvalue weighted by Gasteiger charge is -2.24. The summed E-state index contributed by atoms with van der Waals surface area (Å²) in [5.74, 6) is -0.836. The van der Waals surface area contributed by atoms with Crippen molar-refractivity contribution < 1.29 is 9.90 Å². The Morgan fingerprint density at radius 1 is 1.53 bits per heavy atom. The maximum atomic E-state index is 10.8. The average Bonchev–Trinajstić information content (AvgIpc) is 2.23. The second-order valence-electron chi connectivity index (χ2n) is 3.46. The molecular weight excluding hydrogens is 281 g/mol. The molecule has 1 aliphatic rings. The van der Waals surface area contributed by atoms with Gasteiger partial charge in [0.1, 0.15) is 6.04 Å². The van der Waals surface area contributed by atoms with E-state index in [1.165, 1.54) is 0 Å². The zero-order valence-electron chi connectivity index (χ0n) is 7.76. The first kappa shape index (κ1) is 10.9. The first-order valence-electron chi connectivity index (χ1n) is 4.51. The molecule has 80 valence electrons. The molecule has 0 fully saturated rings. The highest BCUT2D eigenvalue weighted by atomic mass is 79.9. The Morgan fingerprint density at radius 2 is 2.27 bits per heavy atom. The van der Waals surface area contributed by atoms with Gasteiger partial charge >= 0.3 is 5.97 Å². The van der Waals surface area contributed by atoms with Crippen LogP contribution in [-0.2, 0) is 17.8 Å². The smallest absolute Gasteiger partial charge is 0.321 e. The SMILES string of the molecule is O=C(O)C1Cc2c(Cl)ccc(Br)c2CN1. The van der Waals surface area contributed by atoms with E-state index < -0.39 is 12.0 Å². The van der Waals surface area contributed by atoms with E-state index in [0.29, 0.717) is 18.0 Å². The Kier molecular flexibility index (Phi) is 3.00. The van der Waals surface area contributed by atoms with Crippen molar-refractivity contribution in [3.05, 3.63) is 32.8 Å². The van der Waals surface area contributed by atoms with Gasteiger partial charge in [-0.05, 0) is 23.3 Å². The van der Waals surface area contributed by atoms with E-state index in [1.54, 1.807) is 6.07 Å². The lowest BCUT2D eigenvalue weighted by molar-refractivity contribution is -0.139. The Morgan fingerprint density at radius 3 is 2.93 bits per heavy atom. The molecule has 15 heavy (non-hydrogen) atoms. The number of rotatable bonds is 1. The van der Waals surface area contributed by atoms with Crippen LogP contribution in [0.2, 0.25) is 5.02 Å². The van der Waals surface area contributed by atoms with E-state index in [0.717, 1.165) is 15.6 Å². The molecule has 0 saturated carbocycles. The lowest BCUT2D eigenvalue weighted by Crippen LogP contribution is -2.41. The molecule has 1 unspecified atom stereocenters. The predicted octanol–water partition coefficient (Wildman–Crippen LogP) is 2.20. The van der Waals surface area contributed by atoms with Crippen LogP contribution < -0.4 is 5.32 Å². The molecule has 1 aromatic rings. The number of hydrogen-bond donors (Lipinski definition) is 2. The maximum absolute atomic E-state index is 10.8. The standard InChI is InChI=1S/C10H9BrClNO2/c11-7-1-2-8(12)5-3-9(10(14)15)13-4-6(5)7/h1-2,9,13H,3-4H2,(H,14,15). The quantitative estimate of drug-likeness (QED) is 0.833. The molecule has 0 amide bonds. The Bertz CT molecular complexity index is 422. The van der Waals surface area contributed by atoms with E-state index in [4.69, 9.17) is 16.7 Å². The monoisotopic (exact) mass is 289 g/mol. The van der Waals surface area contributed by atoms with Gasteiger partial charge in [-0.3, -0.25) is 10.1 Å². The van der Waals surface area contributed by atoms with Crippen LogP contribution in [0.5, 0.6) is 0 Å². The fraction of sp³-hybridized carbons (Fsp3) is 0.300. The van der Waals surface area contributed by atoms with Crippen molar-refractivity contribution >= 4 is 33.5 Å². The number of nitrogens with one attached hydrogen (secondary N) is 1. The van der Waals surface area contributed by atoms with Crippen LogP contribution in [0.3, 0.4) is 0 Å². The minimum Gasteiger partial charge on any atom is -0.480 e. The highest BCUT2D eigenvalue weighted by molar-refractivity contribution is 9.10. The Balaban J connectivity index is 2.41. The van der Waals surface area contributed by atoms with E-state index in [9.17, 15) is 4.79 Å². The summed E-state index contributed by atoms with van der Waals surface area (Å²) in [5, 5.41) is 12.5. The first-order valence-corrected chi connectivity index (χ1v) is 5.68. The van der Waals surface area contributed by atoms with Crippen LogP contribution in [0.25, 0.3) is 0 Å². The summed E-state index contributed by atoms with van der Waals surface area (Å²) >= 11 is 9.47. The third-order valence-electron chi connectivity index (χ3n) is 2.55. The van der Waals surface area contributed by atoms with Crippen molar-refractivity contribution in [1.82, 2.24) is 5.32 Å². The minimum absolute atomic E-state index is 0.433. The number of hydrogen-bond acceptors (Lipinski definition) is 2. The van der Waals surface area contributed by atoms with Gasteiger partial charge in [0, 0.05) is 22.5 Å². The van der Waals surface area contributed by atoms with Crippen LogP contribution in [0.15, 0.2) is 16.6 Å². The average molecular weight is 291 g/mol. The van der Waals surface area contributed by atoms with Gasteiger partial charge < -0.3 is 5.11 Å². The zero-order valence-corrected chi connectivity index (χ0v) is 10.1. The number of carboxylic acid groups (broad SMARTS) is 1. The molecule has 0 aliphatic carbocycles. The highest BCUT2D eigenvalue weighted by Gasteiger charge is 2.26. The number of carboxylic acids is 1. The topological polar surface area (TPSA) is 49.3 Å². The van der Waals surface area contributed by atoms with Gasteiger partial charge in [0.15, 0.2) is 0 Å². The van der Waals surface area contributed by atoms with Crippen molar-refractivity contribution in [1.29, 1.82) is 0 Å². The van der Waals surface area contributed by atoms with Gasteiger partial charge in [0.2, 0.25) is 0 Å². The maximum Gasteiger partial charge on any atom is 0.321 e. The van der Waals surface area contributed by atoms with Crippen molar-refractivity contribution in [2.24, 2.45) is 0 Å². The van der Waals surface area contributed by atoms with E-state index in [2.05, 4.69) is 21.2 Å². The second kappa shape index (κ2) is 4.12. The molecule has 0 radical (unpaired) electrons. The molecule has 0 bridgehead atoms. The van der Waals surface area contributed by atoms with Crippen molar-refractivity contribution in [3.8, 4) is 0 Å². The van der Waals surface area contributed by atoms with Crippen molar-refractivity contribution in [3.63, 3.8) is 0 Å². The highest BCUT2D eigenvalue weighted by Crippen LogP contribution is 2.30. The second-order valence-corrected chi connectivity index (χ2v) is 4.72.